The third-order valence-electron chi connectivity index (χ3n) is 0.966. The summed E-state index contributed by atoms with van der Waals surface area (Å²) in [6.45, 7) is 0. The van der Waals surface area contributed by atoms with Gasteiger partial charge in [0.25, 0.3) is 0 Å². The summed E-state index contributed by atoms with van der Waals surface area (Å²) < 4.78 is 25.7. The van der Waals surface area contributed by atoms with E-state index in [-0.39, 0.29) is 11.6 Å². The van der Waals surface area contributed by atoms with Crippen molar-refractivity contribution in [1.82, 2.24) is 9.89 Å². The van der Waals surface area contributed by atoms with Crippen molar-refractivity contribution in [1.29, 1.82) is 0 Å². The van der Waals surface area contributed by atoms with Crippen molar-refractivity contribution < 1.29 is 12.6 Å². The number of hydrogen-bond acceptors (Lipinski definition) is 6. The van der Waals surface area contributed by atoms with E-state index >= 15 is 0 Å². The normalized spacial score (nSPS) is 11.4. The van der Waals surface area contributed by atoms with Crippen molar-refractivity contribution >= 4 is 15.9 Å². The van der Waals surface area contributed by atoms with E-state index in [0.29, 0.717) is 0 Å². The molecule has 7 nitrogen and oxygen atoms in total. The molecule has 0 atom stereocenters. The van der Waals surface area contributed by atoms with Gasteiger partial charge in [-0.15, -0.1) is 5.10 Å². The fourth-order valence-corrected chi connectivity index (χ4v) is 1.07. The van der Waals surface area contributed by atoms with Crippen molar-refractivity contribution in [3.8, 4) is 5.75 Å². The fraction of sp³-hybridized carbons (Fsp3) is 0.250. The van der Waals surface area contributed by atoms with Crippen LogP contribution in [-0.4, -0.2) is 24.6 Å². The van der Waals surface area contributed by atoms with Crippen LogP contribution in [0, 0.1) is 0 Å². The van der Waals surface area contributed by atoms with Gasteiger partial charge in [-0.25, -0.2) is 0 Å². The second-order valence-electron chi connectivity index (χ2n) is 2.15. The maximum Gasteiger partial charge on any atom is 0.306 e. The number of nitrogens with two attached hydrogens (primary N) is 2. The standard InChI is InChI=1S/C4H8N4O3S/c1-12(9,10)11-3-2-8(6)7-4(3)5/h2H,6H2,1H3,(H2,5,7). The summed E-state index contributed by atoms with van der Waals surface area (Å²) in [7, 11) is -3.58. The van der Waals surface area contributed by atoms with Crippen LogP contribution in [0.5, 0.6) is 5.75 Å². The minimum absolute atomic E-state index is 0.0667. The van der Waals surface area contributed by atoms with Crippen molar-refractivity contribution in [3.63, 3.8) is 0 Å². The zero-order chi connectivity index (χ0) is 9.35. The molecule has 0 spiro atoms. The zero-order valence-corrected chi connectivity index (χ0v) is 7.08. The first-order chi connectivity index (χ1) is 5.38. The van der Waals surface area contributed by atoms with Gasteiger partial charge in [0, 0.05) is 0 Å². The molecule has 0 unspecified atom stereocenters. The lowest BCUT2D eigenvalue weighted by molar-refractivity contribution is 0.494. The van der Waals surface area contributed by atoms with Gasteiger partial charge in [0.1, 0.15) is 0 Å². The van der Waals surface area contributed by atoms with Crippen LogP contribution in [0.25, 0.3) is 0 Å². The Morgan fingerprint density at radius 1 is 1.67 bits per heavy atom. The van der Waals surface area contributed by atoms with Crippen LogP contribution in [0.15, 0.2) is 6.20 Å². The van der Waals surface area contributed by atoms with E-state index in [4.69, 9.17) is 11.6 Å². The number of nitrogen functional groups attached to an aromatic ring is 2. The van der Waals surface area contributed by atoms with E-state index in [1.165, 1.54) is 0 Å². The van der Waals surface area contributed by atoms with Crippen molar-refractivity contribution in [3.05, 3.63) is 6.20 Å². The molecule has 0 saturated heterocycles. The van der Waals surface area contributed by atoms with Crippen LogP contribution >= 0.6 is 0 Å². The average Bonchev–Trinajstić information content (AvgIpc) is 2.06. The monoisotopic (exact) mass is 192 g/mol. The first-order valence-corrected chi connectivity index (χ1v) is 4.70. The molecule has 0 aliphatic heterocycles. The van der Waals surface area contributed by atoms with Gasteiger partial charge in [0.2, 0.25) is 5.75 Å². The summed E-state index contributed by atoms with van der Waals surface area (Å²) in [5.74, 6) is 5.01. The van der Waals surface area contributed by atoms with Crippen molar-refractivity contribution in [2.24, 2.45) is 0 Å². The van der Waals surface area contributed by atoms with Crippen LogP contribution < -0.4 is 15.8 Å². The number of rotatable bonds is 2. The van der Waals surface area contributed by atoms with Crippen molar-refractivity contribution in [2.45, 2.75) is 0 Å². The predicted molar refractivity (Wildman–Crippen MR) is 42.3 cm³/mol. The van der Waals surface area contributed by atoms with Gasteiger partial charge in [-0.1, -0.05) is 0 Å². The van der Waals surface area contributed by atoms with Gasteiger partial charge < -0.3 is 15.8 Å². The van der Waals surface area contributed by atoms with Gasteiger partial charge in [-0.2, -0.15) is 13.2 Å². The third-order valence-corrected chi connectivity index (χ3v) is 1.45. The lowest BCUT2D eigenvalue weighted by atomic mass is 10.6. The van der Waals surface area contributed by atoms with Gasteiger partial charge in [0.05, 0.1) is 12.5 Å². The molecule has 68 valence electrons. The Hall–Kier alpha value is -1.44. The highest BCUT2D eigenvalue weighted by Gasteiger charge is 2.11. The maximum atomic E-state index is 10.6. The maximum absolute atomic E-state index is 10.6. The van der Waals surface area contributed by atoms with E-state index in [0.717, 1.165) is 17.2 Å². The third kappa shape index (κ3) is 2.02. The first-order valence-electron chi connectivity index (χ1n) is 2.88. The minimum atomic E-state index is -3.58. The molecule has 1 heterocycles. The summed E-state index contributed by atoms with van der Waals surface area (Å²) in [6.07, 6.45) is 2.07. The SMILES string of the molecule is CS(=O)(=O)Oc1cn(N)nc1N. The Labute approximate surface area is 69.0 Å². The molecular formula is C4H8N4O3S. The molecular weight excluding hydrogens is 184 g/mol. The molecule has 0 aliphatic rings. The number of aromatic nitrogens is 2. The zero-order valence-electron chi connectivity index (χ0n) is 6.26. The second-order valence-corrected chi connectivity index (χ2v) is 3.72. The topological polar surface area (TPSA) is 113 Å². The predicted octanol–water partition coefficient (Wildman–Crippen LogP) is -1.48. The highest BCUT2D eigenvalue weighted by atomic mass is 32.2. The van der Waals surface area contributed by atoms with E-state index < -0.39 is 10.1 Å². The molecule has 0 bridgehead atoms. The van der Waals surface area contributed by atoms with E-state index in [1.807, 2.05) is 0 Å². The molecule has 0 fully saturated rings. The summed E-state index contributed by atoms with van der Waals surface area (Å²) in [5.41, 5.74) is 5.25. The molecule has 12 heavy (non-hydrogen) atoms. The molecule has 0 aliphatic carbocycles. The van der Waals surface area contributed by atoms with Gasteiger partial charge in [0.15, 0.2) is 5.82 Å². The Kier molecular flexibility index (Phi) is 1.84. The molecule has 0 radical (unpaired) electrons. The molecule has 1 aromatic rings. The minimum Gasteiger partial charge on any atom is -0.379 e. The lowest BCUT2D eigenvalue weighted by Gasteiger charge is -1.97. The highest BCUT2D eigenvalue weighted by molar-refractivity contribution is 7.86. The summed E-state index contributed by atoms with van der Waals surface area (Å²) in [4.78, 5) is 0.871. The largest absolute Gasteiger partial charge is 0.379 e. The molecule has 0 amide bonds. The number of nitrogens with zero attached hydrogens (tertiary/aromatic N) is 2. The Bertz CT molecular complexity index is 381. The van der Waals surface area contributed by atoms with E-state index in [1.54, 1.807) is 0 Å². The quantitative estimate of drug-likeness (QED) is 0.436. The Morgan fingerprint density at radius 3 is 2.58 bits per heavy atom. The molecule has 4 N–H and O–H groups in total. The summed E-state index contributed by atoms with van der Waals surface area (Å²) >= 11 is 0. The summed E-state index contributed by atoms with van der Waals surface area (Å²) in [5, 5.41) is 3.48. The number of anilines is 1. The van der Waals surface area contributed by atoms with Crippen LogP contribution in [-0.2, 0) is 10.1 Å². The van der Waals surface area contributed by atoms with Crippen molar-refractivity contribution in [2.75, 3.05) is 17.8 Å². The van der Waals surface area contributed by atoms with E-state index in [2.05, 4.69) is 9.28 Å². The molecule has 1 aromatic heterocycles. The van der Waals surface area contributed by atoms with Crippen LogP contribution in [0.1, 0.15) is 0 Å². The van der Waals surface area contributed by atoms with Gasteiger partial charge in [-0.05, 0) is 0 Å². The number of hydrogen-bond donors (Lipinski definition) is 2. The lowest BCUT2D eigenvalue weighted by Crippen LogP contribution is -2.08. The fourth-order valence-electron chi connectivity index (χ4n) is 0.616. The van der Waals surface area contributed by atoms with Crippen LogP contribution in [0.2, 0.25) is 0 Å². The highest BCUT2D eigenvalue weighted by Crippen LogP contribution is 2.18. The Morgan fingerprint density at radius 2 is 2.25 bits per heavy atom. The van der Waals surface area contributed by atoms with Crippen LogP contribution in [0.3, 0.4) is 0 Å². The molecule has 0 saturated carbocycles. The van der Waals surface area contributed by atoms with Crippen LogP contribution in [0.4, 0.5) is 5.82 Å². The second kappa shape index (κ2) is 2.55. The smallest absolute Gasteiger partial charge is 0.306 e. The first kappa shape index (κ1) is 8.65. The molecule has 8 heteroatoms. The average molecular weight is 192 g/mol. The molecule has 1 rings (SSSR count). The summed E-state index contributed by atoms with van der Waals surface area (Å²) in [6, 6.07) is 0. The van der Waals surface area contributed by atoms with Gasteiger partial charge >= 0.3 is 10.1 Å². The molecule has 0 aromatic carbocycles. The Balaban J connectivity index is 2.97. The van der Waals surface area contributed by atoms with Gasteiger partial charge in [-0.3, -0.25) is 0 Å². The van der Waals surface area contributed by atoms with E-state index in [9.17, 15) is 8.42 Å².